The van der Waals surface area contributed by atoms with E-state index in [-0.39, 0.29) is 22.5 Å². The summed E-state index contributed by atoms with van der Waals surface area (Å²) in [7, 11) is -3.94. The molecule has 0 spiro atoms. The first-order valence-corrected chi connectivity index (χ1v) is 11.3. The van der Waals surface area contributed by atoms with E-state index in [0.29, 0.717) is 13.0 Å². The topological polar surface area (TPSA) is 79.4 Å². The van der Waals surface area contributed by atoms with Crippen molar-refractivity contribution in [2.75, 3.05) is 13.1 Å². The summed E-state index contributed by atoms with van der Waals surface area (Å²) in [6.45, 7) is 2.53. The number of benzene rings is 1. The molecule has 0 bridgehead atoms. The smallest absolute Gasteiger partial charge is 0.245 e. The Kier molecular flexibility index (Phi) is 7.05. The van der Waals surface area contributed by atoms with E-state index in [4.69, 9.17) is 11.6 Å². The molecule has 154 valence electrons. The SMILES string of the molecule is C/C(=C\c1ccccc1)CN([C@@H]1CCCCNC1=O)S(=O)(=O)c1ccc(Cl)nc1. The first kappa shape index (κ1) is 21.5. The summed E-state index contributed by atoms with van der Waals surface area (Å²) in [6, 6.07) is 11.8. The second-order valence-electron chi connectivity index (χ2n) is 7.07. The lowest BCUT2D eigenvalue weighted by molar-refractivity contribution is -0.124. The third kappa shape index (κ3) is 5.44. The van der Waals surface area contributed by atoms with E-state index in [1.165, 1.54) is 22.6 Å². The molecule has 3 rings (SSSR count). The minimum absolute atomic E-state index is 0.0199. The monoisotopic (exact) mass is 433 g/mol. The van der Waals surface area contributed by atoms with Gasteiger partial charge in [-0.1, -0.05) is 53.6 Å². The highest BCUT2D eigenvalue weighted by molar-refractivity contribution is 7.89. The Hall–Kier alpha value is -2.22. The first-order chi connectivity index (χ1) is 13.9. The zero-order valence-electron chi connectivity index (χ0n) is 16.2. The van der Waals surface area contributed by atoms with E-state index >= 15 is 0 Å². The average Bonchev–Trinajstić information content (AvgIpc) is 2.91. The Morgan fingerprint density at radius 1 is 1.24 bits per heavy atom. The van der Waals surface area contributed by atoms with Gasteiger partial charge in [-0.2, -0.15) is 4.31 Å². The molecule has 6 nitrogen and oxygen atoms in total. The number of pyridine rings is 1. The molecule has 0 aliphatic carbocycles. The Morgan fingerprint density at radius 2 is 2.00 bits per heavy atom. The van der Waals surface area contributed by atoms with Crippen molar-refractivity contribution in [1.29, 1.82) is 0 Å². The van der Waals surface area contributed by atoms with Crippen molar-refractivity contribution in [3.8, 4) is 0 Å². The van der Waals surface area contributed by atoms with E-state index in [1.54, 1.807) is 0 Å². The summed E-state index contributed by atoms with van der Waals surface area (Å²) in [5, 5.41) is 3.04. The molecule has 1 N–H and O–H groups in total. The molecule has 8 heteroatoms. The van der Waals surface area contributed by atoms with Crippen molar-refractivity contribution >= 4 is 33.6 Å². The molecule has 29 heavy (non-hydrogen) atoms. The number of hydrogen-bond acceptors (Lipinski definition) is 4. The molecule has 1 aromatic heterocycles. The van der Waals surface area contributed by atoms with Gasteiger partial charge in [0.2, 0.25) is 15.9 Å². The number of amides is 1. The normalized spacial score (nSPS) is 18.4. The minimum atomic E-state index is -3.94. The number of carbonyl (C=O) groups is 1. The highest BCUT2D eigenvalue weighted by atomic mass is 35.5. The summed E-state index contributed by atoms with van der Waals surface area (Å²) in [6.07, 6.45) is 5.24. The van der Waals surface area contributed by atoms with Crippen LogP contribution < -0.4 is 5.32 Å². The summed E-state index contributed by atoms with van der Waals surface area (Å²) in [5.41, 5.74) is 1.81. The molecule has 1 aliphatic heterocycles. The van der Waals surface area contributed by atoms with Gasteiger partial charge in [-0.3, -0.25) is 4.79 Å². The predicted molar refractivity (Wildman–Crippen MR) is 114 cm³/mol. The Balaban J connectivity index is 1.98. The molecule has 1 atom stereocenters. The van der Waals surface area contributed by atoms with Gasteiger partial charge in [0.1, 0.15) is 16.1 Å². The van der Waals surface area contributed by atoms with E-state index in [2.05, 4.69) is 10.3 Å². The molecule has 1 aliphatic rings. The second-order valence-corrected chi connectivity index (χ2v) is 9.35. The van der Waals surface area contributed by atoms with Gasteiger partial charge in [0.25, 0.3) is 0 Å². The van der Waals surface area contributed by atoms with Crippen LogP contribution in [-0.4, -0.2) is 42.7 Å². The van der Waals surface area contributed by atoms with Crippen LogP contribution in [0.4, 0.5) is 0 Å². The highest BCUT2D eigenvalue weighted by Gasteiger charge is 2.36. The predicted octanol–water partition coefficient (Wildman–Crippen LogP) is 3.50. The van der Waals surface area contributed by atoms with Crippen LogP contribution in [0, 0.1) is 0 Å². The molecular weight excluding hydrogens is 410 g/mol. The molecule has 2 aromatic rings. The molecule has 0 saturated carbocycles. The maximum Gasteiger partial charge on any atom is 0.245 e. The lowest BCUT2D eigenvalue weighted by Gasteiger charge is -2.29. The van der Waals surface area contributed by atoms with Crippen LogP contribution in [0.15, 0.2) is 59.1 Å². The van der Waals surface area contributed by atoms with Crippen LogP contribution in [0.25, 0.3) is 6.08 Å². The lowest BCUT2D eigenvalue weighted by Crippen LogP contribution is -2.49. The van der Waals surface area contributed by atoms with Gasteiger partial charge in [0.05, 0.1) is 0 Å². The van der Waals surface area contributed by atoms with Crippen molar-refractivity contribution < 1.29 is 13.2 Å². The van der Waals surface area contributed by atoms with Crippen LogP contribution in [0.3, 0.4) is 0 Å². The van der Waals surface area contributed by atoms with E-state index in [0.717, 1.165) is 24.0 Å². The first-order valence-electron chi connectivity index (χ1n) is 9.51. The highest BCUT2D eigenvalue weighted by Crippen LogP contribution is 2.24. The second kappa shape index (κ2) is 9.52. The molecule has 1 saturated heterocycles. The number of nitrogens with one attached hydrogen (secondary N) is 1. The van der Waals surface area contributed by atoms with Crippen LogP contribution in [-0.2, 0) is 14.8 Å². The number of nitrogens with zero attached hydrogens (tertiary/aromatic N) is 2. The third-order valence-electron chi connectivity index (χ3n) is 4.78. The van der Waals surface area contributed by atoms with Crippen molar-refractivity contribution in [2.24, 2.45) is 0 Å². The lowest BCUT2D eigenvalue weighted by atomic mass is 10.1. The Bertz CT molecular complexity index is 976. The van der Waals surface area contributed by atoms with Crippen molar-refractivity contribution in [2.45, 2.75) is 37.1 Å². The fraction of sp³-hybridized carbons (Fsp3) is 0.333. The van der Waals surface area contributed by atoms with Gasteiger partial charge in [0, 0.05) is 19.3 Å². The molecule has 1 amide bonds. The van der Waals surface area contributed by atoms with Gasteiger partial charge in [0.15, 0.2) is 0 Å². The standard InChI is InChI=1S/C21H24ClN3O3S/c1-16(13-17-7-3-2-4-8-17)15-25(19-9-5-6-12-23-21(19)26)29(27,28)18-10-11-20(22)24-14-18/h2-4,7-8,10-11,13-14,19H,5-6,9,12,15H2,1H3,(H,23,26)/b16-13+/t19-/m1/s1. The van der Waals surface area contributed by atoms with Crippen LogP contribution >= 0.6 is 11.6 Å². The maximum atomic E-state index is 13.4. The summed E-state index contributed by atoms with van der Waals surface area (Å²) in [4.78, 5) is 16.6. The van der Waals surface area contributed by atoms with Crippen LogP contribution in [0.5, 0.6) is 0 Å². The minimum Gasteiger partial charge on any atom is -0.355 e. The number of halogens is 1. The van der Waals surface area contributed by atoms with Gasteiger partial charge in [-0.05, 0) is 43.9 Å². The average molecular weight is 434 g/mol. The van der Waals surface area contributed by atoms with Gasteiger partial charge in [-0.15, -0.1) is 0 Å². The van der Waals surface area contributed by atoms with Gasteiger partial charge >= 0.3 is 0 Å². The van der Waals surface area contributed by atoms with Crippen LogP contribution in [0.1, 0.15) is 31.7 Å². The number of hydrogen-bond donors (Lipinski definition) is 1. The molecule has 1 aromatic carbocycles. The van der Waals surface area contributed by atoms with Crippen molar-refractivity contribution in [3.05, 3.63) is 65.0 Å². The van der Waals surface area contributed by atoms with Gasteiger partial charge in [-0.25, -0.2) is 13.4 Å². The van der Waals surface area contributed by atoms with Crippen molar-refractivity contribution in [1.82, 2.24) is 14.6 Å². The number of carbonyl (C=O) groups excluding carboxylic acids is 1. The largest absolute Gasteiger partial charge is 0.355 e. The number of aromatic nitrogens is 1. The molecule has 0 radical (unpaired) electrons. The maximum absolute atomic E-state index is 13.4. The third-order valence-corrected chi connectivity index (χ3v) is 6.84. The number of rotatable bonds is 6. The fourth-order valence-electron chi connectivity index (χ4n) is 3.34. The molecule has 0 unspecified atom stereocenters. The van der Waals surface area contributed by atoms with E-state index in [1.807, 2.05) is 43.3 Å². The van der Waals surface area contributed by atoms with E-state index in [9.17, 15) is 13.2 Å². The van der Waals surface area contributed by atoms with Crippen molar-refractivity contribution in [3.63, 3.8) is 0 Å². The number of sulfonamides is 1. The molecular formula is C21H24ClN3O3S. The zero-order valence-corrected chi connectivity index (χ0v) is 17.8. The fourth-order valence-corrected chi connectivity index (χ4v) is 5.05. The Morgan fingerprint density at radius 3 is 2.69 bits per heavy atom. The quantitative estimate of drug-likeness (QED) is 0.707. The summed E-state index contributed by atoms with van der Waals surface area (Å²) >= 11 is 5.82. The Labute approximate surface area is 176 Å². The van der Waals surface area contributed by atoms with Gasteiger partial charge < -0.3 is 5.32 Å². The summed E-state index contributed by atoms with van der Waals surface area (Å²) < 4.78 is 28.1. The summed E-state index contributed by atoms with van der Waals surface area (Å²) in [5.74, 6) is -0.263. The zero-order chi connectivity index (χ0) is 20.9. The molecule has 2 heterocycles. The van der Waals surface area contributed by atoms with E-state index < -0.39 is 16.1 Å². The van der Waals surface area contributed by atoms with Crippen LogP contribution in [0.2, 0.25) is 5.15 Å². The molecule has 1 fully saturated rings.